The molecule has 2 N–H and O–H groups in total. The van der Waals surface area contributed by atoms with Gasteiger partial charge in [-0.25, -0.2) is 8.78 Å². The van der Waals surface area contributed by atoms with Crippen LogP contribution in [-0.2, 0) is 0 Å². The lowest BCUT2D eigenvalue weighted by atomic mass is 9.99. The van der Waals surface area contributed by atoms with E-state index in [0.717, 1.165) is 18.2 Å². The van der Waals surface area contributed by atoms with E-state index in [4.69, 9.17) is 12.2 Å². The fraction of sp³-hybridized carbons (Fsp3) is 0.235. The van der Waals surface area contributed by atoms with Gasteiger partial charge in [0.25, 0.3) is 0 Å². The van der Waals surface area contributed by atoms with Crippen LogP contribution in [0.4, 0.5) is 20.2 Å². The summed E-state index contributed by atoms with van der Waals surface area (Å²) in [6.45, 7) is 4.32. The lowest BCUT2D eigenvalue weighted by Crippen LogP contribution is -2.19. The lowest BCUT2D eigenvalue weighted by molar-refractivity contribution is 0.586. The van der Waals surface area contributed by atoms with E-state index < -0.39 is 11.6 Å². The first kappa shape index (κ1) is 16.4. The molecule has 0 spiro atoms. The van der Waals surface area contributed by atoms with Crippen LogP contribution in [0.15, 0.2) is 42.5 Å². The highest BCUT2D eigenvalue weighted by atomic mass is 32.1. The molecule has 22 heavy (non-hydrogen) atoms. The Hall–Kier alpha value is -2.01. The summed E-state index contributed by atoms with van der Waals surface area (Å²) in [6, 6.07) is 11.2. The van der Waals surface area contributed by atoms with Crippen LogP contribution in [0.1, 0.15) is 31.7 Å². The molecule has 2 nitrogen and oxygen atoms in total. The van der Waals surface area contributed by atoms with Gasteiger partial charge in [-0.3, -0.25) is 0 Å². The van der Waals surface area contributed by atoms with Crippen molar-refractivity contribution >= 4 is 28.7 Å². The molecule has 0 fully saturated rings. The Morgan fingerprint density at radius 1 is 1.09 bits per heavy atom. The van der Waals surface area contributed by atoms with E-state index in [1.54, 1.807) is 0 Å². The molecule has 0 bridgehead atoms. The van der Waals surface area contributed by atoms with Crippen LogP contribution < -0.4 is 10.6 Å². The summed E-state index contributed by atoms with van der Waals surface area (Å²) < 4.78 is 26.4. The van der Waals surface area contributed by atoms with E-state index in [1.165, 1.54) is 17.7 Å². The molecule has 2 rings (SSSR count). The fourth-order valence-corrected chi connectivity index (χ4v) is 2.23. The number of anilines is 2. The van der Waals surface area contributed by atoms with Crippen LogP contribution in [0, 0.1) is 11.6 Å². The number of benzene rings is 2. The molecule has 0 aliphatic carbocycles. The third-order valence-electron chi connectivity index (χ3n) is 3.53. The summed E-state index contributed by atoms with van der Waals surface area (Å²) in [7, 11) is 0. The molecule has 0 saturated heterocycles. The zero-order valence-electron chi connectivity index (χ0n) is 12.5. The minimum absolute atomic E-state index is 0.134. The summed E-state index contributed by atoms with van der Waals surface area (Å²) in [4.78, 5) is 0. The van der Waals surface area contributed by atoms with Gasteiger partial charge in [-0.05, 0) is 54.4 Å². The number of thiocarbonyl (C=S) groups is 1. The van der Waals surface area contributed by atoms with Gasteiger partial charge in [0, 0.05) is 11.8 Å². The van der Waals surface area contributed by atoms with Gasteiger partial charge >= 0.3 is 0 Å². The standard InChI is InChI=1S/C17H18F2N2S/c1-3-11(2)12-4-7-14(8-5-12)20-17(22)21-16-9-6-13(18)10-15(16)19/h4-11H,3H2,1-2H3,(H2,20,21,22). The van der Waals surface area contributed by atoms with Crippen LogP contribution in [0.2, 0.25) is 0 Å². The van der Waals surface area contributed by atoms with Crippen LogP contribution in [0.3, 0.4) is 0 Å². The van der Waals surface area contributed by atoms with E-state index in [1.807, 2.05) is 24.3 Å². The van der Waals surface area contributed by atoms with Gasteiger partial charge in [-0.1, -0.05) is 26.0 Å². The maximum Gasteiger partial charge on any atom is 0.175 e. The van der Waals surface area contributed by atoms with Crippen molar-refractivity contribution in [2.75, 3.05) is 10.6 Å². The van der Waals surface area contributed by atoms with Crippen LogP contribution in [-0.4, -0.2) is 5.11 Å². The van der Waals surface area contributed by atoms with E-state index >= 15 is 0 Å². The Kier molecular flexibility index (Phi) is 5.44. The molecule has 2 aromatic carbocycles. The molecule has 1 atom stereocenters. The Morgan fingerprint density at radius 2 is 1.77 bits per heavy atom. The molecule has 0 aliphatic rings. The van der Waals surface area contributed by atoms with Gasteiger partial charge in [-0.15, -0.1) is 0 Å². The van der Waals surface area contributed by atoms with Gasteiger partial charge in [0.15, 0.2) is 5.11 Å². The summed E-state index contributed by atoms with van der Waals surface area (Å²) in [5, 5.41) is 5.94. The Balaban J connectivity index is 1.99. The first-order valence-corrected chi connectivity index (χ1v) is 7.53. The van der Waals surface area contributed by atoms with Crippen molar-refractivity contribution in [2.24, 2.45) is 0 Å². The van der Waals surface area contributed by atoms with Gasteiger partial charge in [0.2, 0.25) is 0 Å². The monoisotopic (exact) mass is 320 g/mol. The van der Waals surface area contributed by atoms with E-state index in [2.05, 4.69) is 24.5 Å². The zero-order chi connectivity index (χ0) is 16.1. The van der Waals surface area contributed by atoms with Crippen molar-refractivity contribution in [3.05, 3.63) is 59.7 Å². The van der Waals surface area contributed by atoms with Crippen molar-refractivity contribution in [1.29, 1.82) is 0 Å². The quantitative estimate of drug-likeness (QED) is 0.749. The number of hydrogen-bond donors (Lipinski definition) is 2. The Labute approximate surface area is 134 Å². The SMILES string of the molecule is CCC(C)c1ccc(NC(=S)Nc2ccc(F)cc2F)cc1. The second-order valence-corrected chi connectivity index (χ2v) is 5.54. The number of nitrogens with one attached hydrogen (secondary N) is 2. The van der Waals surface area contributed by atoms with E-state index in [0.29, 0.717) is 5.92 Å². The molecular weight excluding hydrogens is 302 g/mol. The largest absolute Gasteiger partial charge is 0.332 e. The predicted octanol–water partition coefficient (Wildman–Crippen LogP) is 5.29. The average molecular weight is 320 g/mol. The van der Waals surface area contributed by atoms with Gasteiger partial charge in [0.1, 0.15) is 11.6 Å². The summed E-state index contributed by atoms with van der Waals surface area (Å²) in [5.41, 5.74) is 2.21. The highest BCUT2D eigenvalue weighted by Crippen LogP contribution is 2.21. The zero-order valence-corrected chi connectivity index (χ0v) is 13.3. The highest BCUT2D eigenvalue weighted by molar-refractivity contribution is 7.80. The smallest absolute Gasteiger partial charge is 0.175 e. The number of rotatable bonds is 4. The second-order valence-electron chi connectivity index (χ2n) is 5.13. The van der Waals surface area contributed by atoms with Crippen molar-refractivity contribution in [3.8, 4) is 0 Å². The van der Waals surface area contributed by atoms with Crippen molar-refractivity contribution < 1.29 is 8.78 Å². The van der Waals surface area contributed by atoms with Crippen molar-refractivity contribution in [3.63, 3.8) is 0 Å². The van der Waals surface area contributed by atoms with Gasteiger partial charge in [-0.2, -0.15) is 0 Å². The Morgan fingerprint density at radius 3 is 2.36 bits per heavy atom. The minimum atomic E-state index is -0.684. The minimum Gasteiger partial charge on any atom is -0.332 e. The van der Waals surface area contributed by atoms with E-state index in [9.17, 15) is 8.78 Å². The lowest BCUT2D eigenvalue weighted by Gasteiger charge is -2.13. The first-order chi connectivity index (χ1) is 10.5. The maximum absolute atomic E-state index is 13.5. The number of halogens is 2. The molecule has 0 saturated carbocycles. The third kappa shape index (κ3) is 4.24. The normalized spacial score (nSPS) is 11.8. The van der Waals surface area contributed by atoms with Gasteiger partial charge in [0.05, 0.1) is 5.69 Å². The maximum atomic E-state index is 13.5. The molecule has 0 radical (unpaired) electrons. The summed E-state index contributed by atoms with van der Waals surface area (Å²) in [5.74, 6) is -0.800. The van der Waals surface area contributed by atoms with Crippen molar-refractivity contribution in [1.82, 2.24) is 0 Å². The predicted molar refractivity (Wildman–Crippen MR) is 91.3 cm³/mol. The van der Waals surface area contributed by atoms with Crippen LogP contribution in [0.25, 0.3) is 0 Å². The molecule has 5 heteroatoms. The highest BCUT2D eigenvalue weighted by Gasteiger charge is 2.06. The fourth-order valence-electron chi connectivity index (χ4n) is 2.01. The third-order valence-corrected chi connectivity index (χ3v) is 3.73. The van der Waals surface area contributed by atoms with E-state index in [-0.39, 0.29) is 10.8 Å². The van der Waals surface area contributed by atoms with Gasteiger partial charge < -0.3 is 10.6 Å². The molecule has 116 valence electrons. The molecule has 0 heterocycles. The first-order valence-electron chi connectivity index (χ1n) is 7.12. The van der Waals surface area contributed by atoms with Crippen molar-refractivity contribution in [2.45, 2.75) is 26.2 Å². The summed E-state index contributed by atoms with van der Waals surface area (Å²) >= 11 is 5.14. The molecule has 1 unspecified atom stereocenters. The summed E-state index contributed by atoms with van der Waals surface area (Å²) in [6.07, 6.45) is 1.08. The molecule has 0 aromatic heterocycles. The number of hydrogen-bond acceptors (Lipinski definition) is 1. The van der Waals surface area contributed by atoms with Crippen LogP contribution >= 0.6 is 12.2 Å². The topological polar surface area (TPSA) is 24.1 Å². The average Bonchev–Trinajstić information content (AvgIpc) is 2.50. The molecular formula is C17H18F2N2S. The second kappa shape index (κ2) is 7.31. The molecule has 0 amide bonds. The molecule has 0 aliphatic heterocycles. The molecule has 2 aromatic rings. The van der Waals surface area contributed by atoms with Crippen LogP contribution in [0.5, 0.6) is 0 Å². The Bertz CT molecular complexity index is 656.